The lowest BCUT2D eigenvalue weighted by molar-refractivity contribution is -0.137. The molecule has 1 heterocycles. The van der Waals surface area contributed by atoms with Gasteiger partial charge in [-0.1, -0.05) is 24.4 Å². The van der Waals surface area contributed by atoms with Crippen LogP contribution in [-0.4, -0.2) is 9.97 Å². The van der Waals surface area contributed by atoms with Gasteiger partial charge in [0.1, 0.15) is 4.64 Å². The molecule has 88 valence electrons. The predicted molar refractivity (Wildman–Crippen MR) is 59.9 cm³/mol. The zero-order valence-corrected chi connectivity index (χ0v) is 9.27. The number of H-pyrrole nitrogens is 1. The van der Waals surface area contributed by atoms with E-state index in [-0.39, 0.29) is 0 Å². The van der Waals surface area contributed by atoms with Gasteiger partial charge < -0.3 is 4.98 Å². The first kappa shape index (κ1) is 11.8. The van der Waals surface area contributed by atoms with Crippen LogP contribution in [-0.2, 0) is 6.18 Å². The van der Waals surface area contributed by atoms with Gasteiger partial charge in [-0.25, -0.2) is 0 Å². The molecule has 0 atom stereocenters. The number of halogens is 3. The molecule has 0 aliphatic rings. The van der Waals surface area contributed by atoms with Gasteiger partial charge in [-0.15, -0.1) is 0 Å². The van der Waals surface area contributed by atoms with Crippen LogP contribution >= 0.6 is 12.2 Å². The molecule has 2 nitrogen and oxygen atoms in total. The lowest BCUT2D eigenvalue weighted by Gasteiger charge is -2.07. The van der Waals surface area contributed by atoms with Crippen LogP contribution in [0, 0.1) is 4.64 Å². The van der Waals surface area contributed by atoms with Gasteiger partial charge in [-0.2, -0.15) is 13.2 Å². The number of alkyl halides is 3. The molecular weight excluding hydrogens is 249 g/mol. The van der Waals surface area contributed by atoms with E-state index in [1.165, 1.54) is 24.5 Å². The molecule has 2 aromatic rings. The van der Waals surface area contributed by atoms with E-state index in [4.69, 9.17) is 12.2 Å². The Morgan fingerprint density at radius 1 is 1.06 bits per heavy atom. The highest BCUT2D eigenvalue weighted by molar-refractivity contribution is 7.71. The van der Waals surface area contributed by atoms with E-state index in [1.807, 2.05) is 0 Å². The van der Waals surface area contributed by atoms with Crippen molar-refractivity contribution in [1.82, 2.24) is 9.97 Å². The van der Waals surface area contributed by atoms with E-state index in [9.17, 15) is 13.2 Å². The first-order chi connectivity index (χ1) is 7.97. The van der Waals surface area contributed by atoms with Crippen molar-refractivity contribution in [2.45, 2.75) is 6.18 Å². The molecule has 1 aromatic carbocycles. The molecule has 6 heteroatoms. The molecule has 0 radical (unpaired) electrons. The van der Waals surface area contributed by atoms with Gasteiger partial charge in [0.15, 0.2) is 0 Å². The second-order valence-electron chi connectivity index (χ2n) is 3.39. The Hall–Kier alpha value is -1.69. The van der Waals surface area contributed by atoms with Crippen LogP contribution < -0.4 is 0 Å². The van der Waals surface area contributed by atoms with Crippen molar-refractivity contribution in [3.8, 4) is 11.3 Å². The van der Waals surface area contributed by atoms with Crippen molar-refractivity contribution in [1.29, 1.82) is 0 Å². The Balaban J connectivity index is 2.39. The van der Waals surface area contributed by atoms with Gasteiger partial charge in [0.25, 0.3) is 0 Å². The topological polar surface area (TPSA) is 28.7 Å². The summed E-state index contributed by atoms with van der Waals surface area (Å²) in [6.45, 7) is 0. The second kappa shape index (κ2) is 4.29. The third-order valence-electron chi connectivity index (χ3n) is 2.18. The van der Waals surface area contributed by atoms with E-state index in [2.05, 4.69) is 9.97 Å². The fourth-order valence-electron chi connectivity index (χ4n) is 1.36. The SMILES string of the molecule is FC(F)(F)c1ccc(-c2cncc(=S)[nH]2)cc1. The van der Waals surface area contributed by atoms with Gasteiger partial charge in [0.05, 0.1) is 23.7 Å². The molecule has 0 unspecified atom stereocenters. The third kappa shape index (κ3) is 2.71. The van der Waals surface area contributed by atoms with Gasteiger partial charge in [-0.3, -0.25) is 4.98 Å². The van der Waals surface area contributed by atoms with E-state index in [1.54, 1.807) is 0 Å². The van der Waals surface area contributed by atoms with E-state index in [0.717, 1.165) is 12.1 Å². The molecule has 0 spiro atoms. The summed E-state index contributed by atoms with van der Waals surface area (Å²) in [5.41, 5.74) is 0.521. The van der Waals surface area contributed by atoms with Gasteiger partial charge in [-0.05, 0) is 17.7 Å². The molecule has 2 rings (SSSR count). The van der Waals surface area contributed by atoms with Crippen LogP contribution in [0.4, 0.5) is 13.2 Å². The summed E-state index contributed by atoms with van der Waals surface area (Å²) in [5, 5.41) is 0. The number of aromatic nitrogens is 2. The monoisotopic (exact) mass is 256 g/mol. The molecule has 17 heavy (non-hydrogen) atoms. The highest BCUT2D eigenvalue weighted by Crippen LogP contribution is 2.30. The molecule has 0 saturated carbocycles. The smallest absolute Gasteiger partial charge is 0.344 e. The number of nitrogens with one attached hydrogen (secondary N) is 1. The molecule has 0 saturated heterocycles. The van der Waals surface area contributed by atoms with Crippen molar-refractivity contribution in [3.63, 3.8) is 0 Å². The normalized spacial score (nSPS) is 11.5. The zero-order valence-electron chi connectivity index (χ0n) is 8.45. The van der Waals surface area contributed by atoms with Crippen molar-refractivity contribution in [3.05, 3.63) is 46.9 Å². The summed E-state index contributed by atoms with van der Waals surface area (Å²) >= 11 is 4.89. The molecule has 0 aliphatic heterocycles. The van der Waals surface area contributed by atoms with Crippen molar-refractivity contribution >= 4 is 12.2 Å². The molecule has 0 fully saturated rings. The number of aromatic amines is 1. The largest absolute Gasteiger partial charge is 0.416 e. The lowest BCUT2D eigenvalue weighted by Crippen LogP contribution is -2.04. The maximum absolute atomic E-state index is 12.3. The Bertz CT molecular complexity index is 572. The number of nitrogens with zero attached hydrogens (tertiary/aromatic N) is 1. The highest BCUT2D eigenvalue weighted by atomic mass is 32.1. The summed E-state index contributed by atoms with van der Waals surface area (Å²) in [5.74, 6) is 0. The fraction of sp³-hybridized carbons (Fsp3) is 0.0909. The van der Waals surface area contributed by atoms with E-state index < -0.39 is 11.7 Å². The summed E-state index contributed by atoms with van der Waals surface area (Å²) in [7, 11) is 0. The van der Waals surface area contributed by atoms with Crippen LogP contribution in [0.2, 0.25) is 0 Å². The van der Waals surface area contributed by atoms with E-state index in [0.29, 0.717) is 15.9 Å². The zero-order chi connectivity index (χ0) is 12.5. The minimum absolute atomic E-state index is 0.433. The van der Waals surface area contributed by atoms with Crippen LogP contribution in [0.25, 0.3) is 11.3 Å². The van der Waals surface area contributed by atoms with Crippen LogP contribution in [0.1, 0.15) is 5.56 Å². The molecule has 1 aromatic heterocycles. The Morgan fingerprint density at radius 3 is 2.24 bits per heavy atom. The molecule has 1 N–H and O–H groups in total. The molecule has 0 aliphatic carbocycles. The summed E-state index contributed by atoms with van der Waals surface area (Å²) in [4.78, 5) is 6.73. The predicted octanol–water partition coefficient (Wildman–Crippen LogP) is 3.82. The minimum Gasteiger partial charge on any atom is -0.344 e. The average Bonchev–Trinajstić information content (AvgIpc) is 2.28. The fourth-order valence-corrected chi connectivity index (χ4v) is 1.53. The van der Waals surface area contributed by atoms with Gasteiger partial charge >= 0.3 is 6.18 Å². The van der Waals surface area contributed by atoms with Crippen molar-refractivity contribution in [2.75, 3.05) is 0 Å². The average molecular weight is 256 g/mol. The van der Waals surface area contributed by atoms with Gasteiger partial charge in [0, 0.05) is 0 Å². The number of hydrogen-bond donors (Lipinski definition) is 1. The van der Waals surface area contributed by atoms with E-state index >= 15 is 0 Å². The van der Waals surface area contributed by atoms with Gasteiger partial charge in [0.2, 0.25) is 0 Å². The number of rotatable bonds is 1. The van der Waals surface area contributed by atoms with Crippen LogP contribution in [0.5, 0.6) is 0 Å². The Labute approximate surface area is 100 Å². The third-order valence-corrected chi connectivity index (χ3v) is 2.38. The first-order valence-corrected chi connectivity index (χ1v) is 5.09. The Kier molecular flexibility index (Phi) is 2.97. The summed E-state index contributed by atoms with van der Waals surface area (Å²) in [6, 6.07) is 4.81. The van der Waals surface area contributed by atoms with Crippen molar-refractivity contribution < 1.29 is 13.2 Å². The molecule has 0 amide bonds. The number of benzene rings is 1. The van der Waals surface area contributed by atoms with Crippen LogP contribution in [0.15, 0.2) is 36.7 Å². The maximum atomic E-state index is 12.3. The van der Waals surface area contributed by atoms with Crippen molar-refractivity contribution in [2.24, 2.45) is 0 Å². The second-order valence-corrected chi connectivity index (χ2v) is 3.83. The minimum atomic E-state index is -4.32. The first-order valence-electron chi connectivity index (χ1n) is 4.69. The quantitative estimate of drug-likeness (QED) is 0.786. The summed E-state index contributed by atoms with van der Waals surface area (Å²) in [6.07, 6.45) is -1.35. The standard InChI is InChI=1S/C11H7F3N2S/c12-11(13,14)8-3-1-7(2-4-8)9-5-15-6-10(17)16-9/h1-6H,(H,16,17). The van der Waals surface area contributed by atoms with Crippen LogP contribution in [0.3, 0.4) is 0 Å². The molecule has 0 bridgehead atoms. The highest BCUT2D eigenvalue weighted by Gasteiger charge is 2.29. The number of hydrogen-bond acceptors (Lipinski definition) is 2. The lowest BCUT2D eigenvalue weighted by atomic mass is 10.1. The molecular formula is C11H7F3N2S. The summed E-state index contributed by atoms with van der Waals surface area (Å²) < 4.78 is 37.5. The maximum Gasteiger partial charge on any atom is 0.416 e. The Morgan fingerprint density at radius 2 is 1.71 bits per heavy atom.